The fourth-order valence-corrected chi connectivity index (χ4v) is 9.17. The Morgan fingerprint density at radius 3 is 0.838 bits per heavy atom. The molecule has 6 nitrogen and oxygen atoms in total. The lowest BCUT2D eigenvalue weighted by Crippen LogP contribution is -2.30. The number of esters is 3. The molecule has 0 aliphatic heterocycles. The fourth-order valence-electron chi connectivity index (χ4n) is 9.17. The lowest BCUT2D eigenvalue weighted by molar-refractivity contribution is -0.167. The molecule has 0 fully saturated rings. The molecule has 0 aromatic rings. The van der Waals surface area contributed by atoms with Crippen LogP contribution in [-0.4, -0.2) is 37.2 Å². The highest BCUT2D eigenvalue weighted by atomic mass is 16.6. The van der Waals surface area contributed by atoms with E-state index >= 15 is 0 Å². The lowest BCUT2D eigenvalue weighted by Gasteiger charge is -2.18. The van der Waals surface area contributed by atoms with E-state index < -0.39 is 6.10 Å². The van der Waals surface area contributed by atoms with Crippen molar-refractivity contribution in [2.24, 2.45) is 0 Å². The van der Waals surface area contributed by atoms with Crippen LogP contribution in [0.5, 0.6) is 0 Å². The molecule has 0 saturated carbocycles. The van der Waals surface area contributed by atoms with Crippen molar-refractivity contribution < 1.29 is 28.6 Å². The first-order chi connectivity index (χ1) is 36.5. The molecule has 428 valence electrons. The van der Waals surface area contributed by atoms with Crippen LogP contribution in [0.4, 0.5) is 0 Å². The Bertz CT molecular complexity index is 1370. The quantitative estimate of drug-likeness (QED) is 0.0261. The molecule has 6 heteroatoms. The second-order valence-corrected chi connectivity index (χ2v) is 21.3. The summed E-state index contributed by atoms with van der Waals surface area (Å²) in [6.45, 7) is 6.49. The molecule has 74 heavy (non-hydrogen) atoms. The summed E-state index contributed by atoms with van der Waals surface area (Å²) in [5.74, 6) is -0.886. The smallest absolute Gasteiger partial charge is 0.306 e. The van der Waals surface area contributed by atoms with Gasteiger partial charge in [-0.05, 0) is 89.9 Å². The van der Waals surface area contributed by atoms with Crippen LogP contribution in [0.3, 0.4) is 0 Å². The fraction of sp³-hybridized carbons (Fsp3) is 0.779. The third kappa shape index (κ3) is 59.7. The first-order valence-corrected chi connectivity index (χ1v) is 31.9. The van der Waals surface area contributed by atoms with Gasteiger partial charge in [0.1, 0.15) is 13.2 Å². The summed E-state index contributed by atoms with van der Waals surface area (Å²) >= 11 is 0. The topological polar surface area (TPSA) is 78.9 Å². The molecule has 0 bridgehead atoms. The molecule has 0 radical (unpaired) electrons. The van der Waals surface area contributed by atoms with E-state index in [4.69, 9.17) is 14.2 Å². The third-order valence-corrected chi connectivity index (χ3v) is 13.9. The average Bonchev–Trinajstić information content (AvgIpc) is 3.40. The Balaban J connectivity index is 4.08. The van der Waals surface area contributed by atoms with Gasteiger partial charge in [-0.1, -0.05) is 286 Å². The van der Waals surface area contributed by atoms with E-state index in [9.17, 15) is 14.4 Å². The molecule has 0 N–H and O–H groups in total. The molecule has 0 aromatic heterocycles. The van der Waals surface area contributed by atoms with Crippen molar-refractivity contribution in [3.05, 3.63) is 72.9 Å². The molecule has 0 heterocycles. The average molecular weight is 1030 g/mol. The summed E-state index contributed by atoms with van der Waals surface area (Å²) in [7, 11) is 0. The number of ether oxygens (including phenoxy) is 3. The molecule has 0 aromatic carbocycles. The maximum Gasteiger partial charge on any atom is 0.306 e. The highest BCUT2D eigenvalue weighted by molar-refractivity contribution is 5.71. The molecule has 0 saturated heterocycles. The van der Waals surface area contributed by atoms with Gasteiger partial charge in [0, 0.05) is 19.3 Å². The van der Waals surface area contributed by atoms with E-state index in [-0.39, 0.29) is 31.1 Å². The maximum absolute atomic E-state index is 12.8. The number of unbranched alkanes of at least 4 members (excludes halogenated alkanes) is 35. The first kappa shape index (κ1) is 70.8. The van der Waals surface area contributed by atoms with Gasteiger partial charge in [0.25, 0.3) is 0 Å². The number of hydrogen-bond donors (Lipinski definition) is 0. The van der Waals surface area contributed by atoms with E-state index in [2.05, 4.69) is 93.7 Å². The van der Waals surface area contributed by atoms with Gasteiger partial charge >= 0.3 is 17.9 Å². The van der Waals surface area contributed by atoms with Gasteiger partial charge in [-0.15, -0.1) is 0 Å². The van der Waals surface area contributed by atoms with Crippen molar-refractivity contribution in [1.29, 1.82) is 0 Å². The van der Waals surface area contributed by atoms with Crippen LogP contribution in [0.2, 0.25) is 0 Å². The summed E-state index contributed by atoms with van der Waals surface area (Å²) in [5.41, 5.74) is 0. The van der Waals surface area contributed by atoms with Crippen LogP contribution in [-0.2, 0) is 28.6 Å². The minimum Gasteiger partial charge on any atom is -0.462 e. The van der Waals surface area contributed by atoms with Crippen molar-refractivity contribution in [2.45, 2.75) is 329 Å². The van der Waals surface area contributed by atoms with Crippen molar-refractivity contribution in [1.82, 2.24) is 0 Å². The summed E-state index contributed by atoms with van der Waals surface area (Å²) in [4.78, 5) is 38.0. The monoisotopic (exact) mass is 1030 g/mol. The third-order valence-electron chi connectivity index (χ3n) is 13.9. The van der Waals surface area contributed by atoms with E-state index in [0.717, 1.165) is 96.3 Å². The van der Waals surface area contributed by atoms with E-state index in [0.29, 0.717) is 19.3 Å². The molecule has 0 rings (SSSR count). The number of allylic oxidation sites excluding steroid dienone is 12. The predicted octanol–water partition coefficient (Wildman–Crippen LogP) is 21.7. The first-order valence-electron chi connectivity index (χ1n) is 31.9. The Morgan fingerprint density at radius 1 is 0.284 bits per heavy atom. The summed E-state index contributed by atoms with van der Waals surface area (Å²) in [6.07, 6.45) is 80.9. The van der Waals surface area contributed by atoms with Crippen LogP contribution < -0.4 is 0 Å². The lowest BCUT2D eigenvalue weighted by atomic mass is 10.0. The second-order valence-electron chi connectivity index (χ2n) is 21.3. The molecule has 1 atom stereocenters. The van der Waals surface area contributed by atoms with Crippen molar-refractivity contribution in [3.63, 3.8) is 0 Å². The number of carbonyl (C=O) groups is 3. The van der Waals surface area contributed by atoms with Crippen molar-refractivity contribution in [2.75, 3.05) is 13.2 Å². The Labute approximate surface area is 459 Å². The van der Waals surface area contributed by atoms with Crippen LogP contribution >= 0.6 is 0 Å². The van der Waals surface area contributed by atoms with Crippen molar-refractivity contribution in [3.8, 4) is 0 Å². The van der Waals surface area contributed by atoms with Gasteiger partial charge in [0.05, 0.1) is 0 Å². The minimum absolute atomic E-state index is 0.0776. The Hall–Kier alpha value is -3.15. The largest absolute Gasteiger partial charge is 0.462 e. The van der Waals surface area contributed by atoms with E-state index in [1.165, 1.54) is 186 Å². The zero-order valence-corrected chi connectivity index (χ0v) is 49.1. The zero-order chi connectivity index (χ0) is 53.6. The molecule has 1 unspecified atom stereocenters. The van der Waals surface area contributed by atoms with Crippen LogP contribution in [0, 0.1) is 0 Å². The number of hydrogen-bond acceptors (Lipinski definition) is 6. The van der Waals surface area contributed by atoms with Gasteiger partial charge in [-0.25, -0.2) is 0 Å². The van der Waals surface area contributed by atoms with E-state index in [1.807, 2.05) is 0 Å². The van der Waals surface area contributed by atoms with Gasteiger partial charge < -0.3 is 14.2 Å². The maximum atomic E-state index is 12.8. The van der Waals surface area contributed by atoms with Gasteiger partial charge in [-0.2, -0.15) is 0 Å². The van der Waals surface area contributed by atoms with Crippen LogP contribution in [0.25, 0.3) is 0 Å². The van der Waals surface area contributed by atoms with Crippen LogP contribution in [0.15, 0.2) is 72.9 Å². The molecular weight excluding hydrogens is 913 g/mol. The highest BCUT2D eigenvalue weighted by Gasteiger charge is 2.19. The molecule has 0 aliphatic rings. The molecule has 0 spiro atoms. The predicted molar refractivity (Wildman–Crippen MR) is 321 cm³/mol. The van der Waals surface area contributed by atoms with E-state index in [1.54, 1.807) is 0 Å². The summed E-state index contributed by atoms with van der Waals surface area (Å²) in [5, 5.41) is 0. The highest BCUT2D eigenvalue weighted by Crippen LogP contribution is 2.17. The van der Waals surface area contributed by atoms with Crippen molar-refractivity contribution >= 4 is 17.9 Å². The Morgan fingerprint density at radius 2 is 0.527 bits per heavy atom. The number of rotatable bonds is 58. The normalized spacial score (nSPS) is 12.5. The summed E-state index contributed by atoms with van der Waals surface area (Å²) < 4.78 is 16.8. The Kier molecular flexibility index (Phi) is 59.7. The van der Waals surface area contributed by atoms with Gasteiger partial charge in [0.15, 0.2) is 6.10 Å². The molecule has 0 amide bonds. The number of carbonyl (C=O) groups excluding carboxylic acids is 3. The van der Waals surface area contributed by atoms with Crippen LogP contribution in [0.1, 0.15) is 323 Å². The van der Waals surface area contributed by atoms with Gasteiger partial charge in [0.2, 0.25) is 0 Å². The summed E-state index contributed by atoms with van der Waals surface area (Å²) in [6, 6.07) is 0. The minimum atomic E-state index is -0.778. The zero-order valence-electron chi connectivity index (χ0n) is 49.1. The second kappa shape index (κ2) is 62.4. The SMILES string of the molecule is CC/C=C\C/C=C\C/C=C\C/C=C\C/C=C\CCCCCCCCCC(=O)OC(COC(=O)CCCCCCCC)COC(=O)CCCCCCCCCCCCCCCCC/C=C\CCCCCCCCCC. The van der Waals surface area contributed by atoms with Gasteiger partial charge in [-0.3, -0.25) is 14.4 Å². The standard InChI is InChI=1S/C68H120O6/c1-4-7-10-13-16-18-20-22-24-26-28-30-32-33-34-35-37-38-40-42-44-46-48-50-52-55-58-61-67(70)73-64-65(63-72-66(69)60-57-54-15-12-9-6-3)74-68(71)62-59-56-53-51-49-47-45-43-41-39-36-31-29-27-25-23-21-19-17-14-11-8-5-2/h8,11,17,19,23,25-26,28-29,31,39,41,65H,4-7,9-10,12-16,18,20-22,24,27,30,32-38,40,42-64H2,1-3H3/b11-8-,19-17-,25-23-,28-26-,31-29-,41-39-. The molecular formula is C68H120O6. The molecule has 0 aliphatic carbocycles.